The van der Waals surface area contributed by atoms with E-state index in [4.69, 9.17) is 29.2 Å². The summed E-state index contributed by atoms with van der Waals surface area (Å²) in [6, 6.07) is 12.6. The standard InChI is InChI=1S/C26H24N4O6S/c27-7-12-37-25-28-20-14-18(23(31)29-8-5-26(6-9-29)35-10-11-36-26)2-3-19(20)24(32)30(25)15-17-1-4-21-22(13-17)34-16-33-21/h1-4,13-14H,5-6,8-12,15-16H2. The lowest BCUT2D eigenvalue weighted by Gasteiger charge is -2.37. The Hall–Kier alpha value is -3.59. The second-order valence-corrected chi connectivity index (χ2v) is 9.99. The van der Waals surface area contributed by atoms with E-state index in [9.17, 15) is 9.59 Å². The molecular weight excluding hydrogens is 496 g/mol. The number of carbonyl (C=O) groups excluding carboxylic acids is 1. The topological polar surface area (TPSA) is 116 Å². The molecule has 1 amide bonds. The average molecular weight is 521 g/mol. The number of ether oxygens (including phenoxy) is 4. The van der Waals surface area contributed by atoms with E-state index >= 15 is 0 Å². The number of carbonyl (C=O) groups is 1. The van der Waals surface area contributed by atoms with E-state index in [1.54, 1.807) is 27.7 Å². The molecule has 0 atom stereocenters. The second kappa shape index (κ2) is 9.70. The fourth-order valence-corrected chi connectivity index (χ4v) is 5.58. The van der Waals surface area contributed by atoms with E-state index in [1.807, 2.05) is 18.2 Å². The molecule has 1 aromatic heterocycles. The van der Waals surface area contributed by atoms with Crippen LogP contribution in [-0.4, -0.2) is 65.0 Å². The molecule has 3 aromatic rings. The Labute approximate surface area is 216 Å². The number of nitriles is 1. The van der Waals surface area contributed by atoms with E-state index < -0.39 is 5.79 Å². The van der Waals surface area contributed by atoms with Crippen molar-refractivity contribution in [2.75, 3.05) is 38.8 Å². The van der Waals surface area contributed by atoms with Crippen LogP contribution >= 0.6 is 11.8 Å². The molecule has 0 unspecified atom stereocenters. The molecule has 1 spiro atoms. The van der Waals surface area contributed by atoms with E-state index in [-0.39, 0.29) is 30.6 Å². The molecule has 0 radical (unpaired) electrons. The number of benzene rings is 2. The number of hydrogen-bond donors (Lipinski definition) is 0. The van der Waals surface area contributed by atoms with Crippen LogP contribution in [0.2, 0.25) is 0 Å². The van der Waals surface area contributed by atoms with Gasteiger partial charge in [0.2, 0.25) is 6.79 Å². The van der Waals surface area contributed by atoms with Gasteiger partial charge in [0.25, 0.3) is 11.5 Å². The predicted molar refractivity (Wildman–Crippen MR) is 134 cm³/mol. The van der Waals surface area contributed by atoms with Crippen molar-refractivity contribution in [2.24, 2.45) is 0 Å². The normalized spacial score (nSPS) is 17.9. The lowest BCUT2D eigenvalue weighted by Crippen LogP contribution is -2.47. The van der Waals surface area contributed by atoms with Crippen molar-refractivity contribution in [2.45, 2.75) is 30.3 Å². The fourth-order valence-electron chi connectivity index (χ4n) is 4.92. The second-order valence-electron chi connectivity index (χ2n) is 9.05. The summed E-state index contributed by atoms with van der Waals surface area (Å²) in [5, 5.41) is 9.97. The highest BCUT2D eigenvalue weighted by atomic mass is 32.2. The van der Waals surface area contributed by atoms with Gasteiger partial charge in [-0.25, -0.2) is 4.98 Å². The highest BCUT2D eigenvalue weighted by Gasteiger charge is 2.40. The third-order valence-electron chi connectivity index (χ3n) is 6.84. The summed E-state index contributed by atoms with van der Waals surface area (Å²) < 4.78 is 23.9. The number of aromatic nitrogens is 2. The van der Waals surface area contributed by atoms with Crippen LogP contribution < -0.4 is 15.0 Å². The first-order valence-electron chi connectivity index (χ1n) is 12.1. The number of amides is 1. The summed E-state index contributed by atoms with van der Waals surface area (Å²) in [6.45, 7) is 2.66. The molecule has 3 aliphatic heterocycles. The fraction of sp³-hybridized carbons (Fsp3) is 0.385. The zero-order valence-electron chi connectivity index (χ0n) is 20.0. The van der Waals surface area contributed by atoms with E-state index in [0.29, 0.717) is 72.3 Å². The van der Waals surface area contributed by atoms with Crippen LogP contribution in [0.15, 0.2) is 46.3 Å². The van der Waals surface area contributed by atoms with Crippen LogP contribution in [0.3, 0.4) is 0 Å². The van der Waals surface area contributed by atoms with E-state index in [2.05, 4.69) is 6.07 Å². The van der Waals surface area contributed by atoms with Crippen molar-refractivity contribution >= 4 is 28.6 Å². The number of thioether (sulfide) groups is 1. The van der Waals surface area contributed by atoms with Crippen molar-refractivity contribution in [3.05, 3.63) is 57.9 Å². The van der Waals surface area contributed by atoms with Crippen molar-refractivity contribution in [3.8, 4) is 17.6 Å². The van der Waals surface area contributed by atoms with Crippen molar-refractivity contribution in [1.82, 2.24) is 14.5 Å². The van der Waals surface area contributed by atoms with Gasteiger partial charge in [0.1, 0.15) is 0 Å². The van der Waals surface area contributed by atoms with Gasteiger partial charge in [-0.3, -0.25) is 14.2 Å². The van der Waals surface area contributed by atoms with Gasteiger partial charge in [0.05, 0.1) is 42.5 Å². The van der Waals surface area contributed by atoms with E-state index in [0.717, 1.165) is 5.56 Å². The molecule has 0 N–H and O–H groups in total. The number of hydrogen-bond acceptors (Lipinski definition) is 9. The molecule has 2 aromatic carbocycles. The first-order valence-corrected chi connectivity index (χ1v) is 13.0. The summed E-state index contributed by atoms with van der Waals surface area (Å²) in [5.74, 6) is 0.751. The summed E-state index contributed by atoms with van der Waals surface area (Å²) in [4.78, 5) is 33.3. The number of nitrogens with zero attached hydrogens (tertiary/aromatic N) is 4. The van der Waals surface area contributed by atoms with Gasteiger partial charge in [0, 0.05) is 31.5 Å². The number of likely N-dealkylation sites (tertiary alicyclic amines) is 1. The Kier molecular flexibility index (Phi) is 6.24. The molecule has 6 rings (SSSR count). The number of piperidine rings is 1. The first-order chi connectivity index (χ1) is 18.0. The van der Waals surface area contributed by atoms with Crippen molar-refractivity contribution in [3.63, 3.8) is 0 Å². The van der Waals surface area contributed by atoms with Gasteiger partial charge in [-0.05, 0) is 35.9 Å². The van der Waals surface area contributed by atoms with Crippen LogP contribution in [0, 0.1) is 11.3 Å². The molecule has 0 saturated carbocycles. The van der Waals surface area contributed by atoms with Gasteiger partial charge in [-0.15, -0.1) is 0 Å². The molecule has 2 fully saturated rings. The smallest absolute Gasteiger partial charge is 0.262 e. The molecule has 190 valence electrons. The lowest BCUT2D eigenvalue weighted by molar-refractivity contribution is -0.181. The molecule has 0 aliphatic carbocycles. The van der Waals surface area contributed by atoms with Crippen LogP contribution in [0.25, 0.3) is 10.9 Å². The quantitative estimate of drug-likeness (QED) is 0.370. The van der Waals surface area contributed by atoms with Crippen molar-refractivity contribution < 1.29 is 23.7 Å². The highest BCUT2D eigenvalue weighted by molar-refractivity contribution is 7.99. The number of fused-ring (bicyclic) bond motifs is 2. The summed E-state index contributed by atoms with van der Waals surface area (Å²) in [7, 11) is 0. The van der Waals surface area contributed by atoms with Crippen LogP contribution in [0.4, 0.5) is 0 Å². The molecular formula is C26H24N4O6S. The molecule has 11 heteroatoms. The minimum absolute atomic E-state index is 0.118. The zero-order chi connectivity index (χ0) is 25.4. The highest BCUT2D eigenvalue weighted by Crippen LogP contribution is 2.34. The van der Waals surface area contributed by atoms with Crippen molar-refractivity contribution in [1.29, 1.82) is 5.26 Å². The Morgan fingerprint density at radius 1 is 1.08 bits per heavy atom. The summed E-state index contributed by atoms with van der Waals surface area (Å²) >= 11 is 1.19. The monoisotopic (exact) mass is 520 g/mol. The third-order valence-corrected chi connectivity index (χ3v) is 7.68. The molecule has 3 aliphatic rings. The number of rotatable bonds is 5. The van der Waals surface area contributed by atoms with Gasteiger partial charge >= 0.3 is 0 Å². The van der Waals surface area contributed by atoms with E-state index in [1.165, 1.54) is 11.8 Å². The first kappa shape index (κ1) is 23.8. The molecule has 10 nitrogen and oxygen atoms in total. The molecule has 37 heavy (non-hydrogen) atoms. The Balaban J connectivity index is 1.29. The molecule has 4 heterocycles. The summed E-state index contributed by atoms with van der Waals surface area (Å²) in [6.07, 6.45) is 1.26. The predicted octanol–water partition coefficient (Wildman–Crippen LogP) is 2.77. The molecule has 2 saturated heterocycles. The minimum atomic E-state index is -0.558. The SMILES string of the molecule is N#CCSc1nc2cc(C(=O)N3CCC4(CC3)OCCO4)ccc2c(=O)n1Cc1ccc2c(c1)OCO2. The largest absolute Gasteiger partial charge is 0.454 e. The Morgan fingerprint density at radius 2 is 1.86 bits per heavy atom. The zero-order valence-corrected chi connectivity index (χ0v) is 20.8. The maximum absolute atomic E-state index is 13.5. The minimum Gasteiger partial charge on any atom is -0.454 e. The van der Waals surface area contributed by atoms with Gasteiger partial charge in [0.15, 0.2) is 22.4 Å². The van der Waals surface area contributed by atoms with Gasteiger partial charge < -0.3 is 23.8 Å². The Bertz CT molecular complexity index is 1470. The van der Waals surface area contributed by atoms with Crippen LogP contribution in [0.1, 0.15) is 28.8 Å². The lowest BCUT2D eigenvalue weighted by atomic mass is 10.0. The maximum atomic E-state index is 13.5. The van der Waals surface area contributed by atoms with Crippen LogP contribution in [-0.2, 0) is 16.0 Å². The van der Waals surface area contributed by atoms with Gasteiger partial charge in [-0.1, -0.05) is 17.8 Å². The summed E-state index contributed by atoms with van der Waals surface area (Å²) in [5.41, 5.74) is 1.50. The molecule has 0 bridgehead atoms. The van der Waals surface area contributed by atoms with Crippen LogP contribution in [0.5, 0.6) is 11.5 Å². The third kappa shape index (κ3) is 4.52. The maximum Gasteiger partial charge on any atom is 0.262 e. The Morgan fingerprint density at radius 3 is 2.65 bits per heavy atom. The average Bonchev–Trinajstić information content (AvgIpc) is 3.58. The van der Waals surface area contributed by atoms with Gasteiger partial charge in [-0.2, -0.15) is 5.26 Å².